The number of hydrogen-bond donors (Lipinski definition) is 2. The fourth-order valence-electron chi connectivity index (χ4n) is 2.23. The number of carbonyl (C=O) groups excluding carboxylic acids is 2. The minimum Gasteiger partial charge on any atom is -0.319 e. The van der Waals surface area contributed by atoms with Gasteiger partial charge >= 0.3 is 0 Å². The fourth-order valence-corrected chi connectivity index (χ4v) is 2.23. The molecule has 2 aromatic carbocycles. The second kappa shape index (κ2) is 7.87. The van der Waals surface area contributed by atoms with Crippen LogP contribution in [-0.2, 0) is 0 Å². The normalized spacial score (nSPS) is 10.4. The lowest BCUT2D eigenvalue weighted by molar-refractivity contribution is 0.101. The quantitative estimate of drug-likeness (QED) is 0.659. The fraction of sp³-hybridized carbons (Fsp3) is 0. The Morgan fingerprint density at radius 2 is 1.25 bits per heavy atom. The van der Waals surface area contributed by atoms with Gasteiger partial charge in [0.2, 0.25) is 0 Å². The Balaban J connectivity index is 1.70. The molecule has 0 unspecified atom stereocenters. The van der Waals surface area contributed by atoms with E-state index in [2.05, 4.69) is 15.6 Å². The summed E-state index contributed by atoms with van der Waals surface area (Å²) in [5.41, 5.74) is -0.580. The van der Waals surface area contributed by atoms with Crippen LogP contribution in [0.1, 0.15) is 20.8 Å². The topological polar surface area (TPSA) is 71.1 Å². The molecule has 9 heteroatoms. The summed E-state index contributed by atoms with van der Waals surface area (Å²) < 4.78 is 52.9. The SMILES string of the molecule is O=C(Nc1ccc(F)cc1F)c1ccc(C(=O)Nc2ccc(F)cc2F)nc1. The summed E-state index contributed by atoms with van der Waals surface area (Å²) in [7, 11) is 0. The number of amides is 2. The van der Waals surface area contributed by atoms with E-state index < -0.39 is 35.1 Å². The van der Waals surface area contributed by atoms with Crippen LogP contribution in [0, 0.1) is 23.3 Å². The molecule has 0 aliphatic carbocycles. The zero-order valence-corrected chi connectivity index (χ0v) is 14.0. The third kappa shape index (κ3) is 4.32. The number of rotatable bonds is 4. The van der Waals surface area contributed by atoms with Gasteiger partial charge in [-0.15, -0.1) is 0 Å². The number of aromatic nitrogens is 1. The number of benzene rings is 2. The summed E-state index contributed by atoms with van der Waals surface area (Å²) >= 11 is 0. The van der Waals surface area contributed by atoms with Gasteiger partial charge in [0.1, 0.15) is 29.0 Å². The largest absolute Gasteiger partial charge is 0.319 e. The van der Waals surface area contributed by atoms with Gasteiger partial charge in [0.05, 0.1) is 16.9 Å². The predicted octanol–water partition coefficient (Wildman–Crippen LogP) is 4.14. The molecule has 1 aromatic heterocycles. The maximum atomic E-state index is 13.6. The highest BCUT2D eigenvalue weighted by Gasteiger charge is 2.14. The van der Waals surface area contributed by atoms with Gasteiger partial charge in [-0.3, -0.25) is 14.6 Å². The summed E-state index contributed by atoms with van der Waals surface area (Å²) in [6.07, 6.45) is 1.06. The van der Waals surface area contributed by atoms with Crippen molar-refractivity contribution in [1.82, 2.24) is 4.98 Å². The molecule has 0 aliphatic rings. The Morgan fingerprint density at radius 1 is 0.714 bits per heavy atom. The standard InChI is InChI=1S/C19H11F4N3O2/c20-11-2-5-15(13(22)7-11)25-18(27)10-1-4-17(24-9-10)19(28)26-16-6-3-12(21)8-14(16)23/h1-9H,(H,25,27)(H,26,28). The van der Waals surface area contributed by atoms with Crippen molar-refractivity contribution < 1.29 is 27.2 Å². The number of carbonyl (C=O) groups is 2. The lowest BCUT2D eigenvalue weighted by Crippen LogP contribution is -2.17. The second-order valence-corrected chi connectivity index (χ2v) is 5.59. The second-order valence-electron chi connectivity index (χ2n) is 5.59. The van der Waals surface area contributed by atoms with Crippen LogP contribution >= 0.6 is 0 Å². The first-order valence-electron chi connectivity index (χ1n) is 7.82. The van der Waals surface area contributed by atoms with Crippen LogP contribution in [-0.4, -0.2) is 16.8 Å². The number of nitrogens with one attached hydrogen (secondary N) is 2. The van der Waals surface area contributed by atoms with Gasteiger partial charge in [-0.2, -0.15) is 0 Å². The number of hydrogen-bond acceptors (Lipinski definition) is 3. The molecule has 0 fully saturated rings. The summed E-state index contributed by atoms with van der Waals surface area (Å²) in [6, 6.07) is 7.77. The summed E-state index contributed by atoms with van der Waals surface area (Å²) in [4.78, 5) is 28.0. The van der Waals surface area contributed by atoms with Crippen LogP contribution in [0.15, 0.2) is 54.7 Å². The van der Waals surface area contributed by atoms with E-state index in [1.165, 1.54) is 12.1 Å². The van der Waals surface area contributed by atoms with Crippen molar-refractivity contribution in [1.29, 1.82) is 0 Å². The Labute approximate surface area is 156 Å². The Bertz CT molecular complexity index is 971. The number of nitrogens with zero attached hydrogens (tertiary/aromatic N) is 1. The van der Waals surface area contributed by atoms with E-state index in [9.17, 15) is 27.2 Å². The lowest BCUT2D eigenvalue weighted by Gasteiger charge is -2.08. The van der Waals surface area contributed by atoms with Gasteiger partial charge in [-0.1, -0.05) is 0 Å². The zero-order chi connectivity index (χ0) is 20.3. The van der Waals surface area contributed by atoms with Crippen LogP contribution in [0.5, 0.6) is 0 Å². The van der Waals surface area contributed by atoms with Gasteiger partial charge in [-0.25, -0.2) is 17.6 Å². The van der Waals surface area contributed by atoms with Crippen LogP contribution < -0.4 is 10.6 Å². The highest BCUT2D eigenvalue weighted by molar-refractivity contribution is 6.06. The molecule has 0 radical (unpaired) electrons. The summed E-state index contributed by atoms with van der Waals surface area (Å²) in [5.74, 6) is -4.98. The Morgan fingerprint density at radius 3 is 1.71 bits per heavy atom. The molecular weight excluding hydrogens is 378 g/mol. The average Bonchev–Trinajstić information content (AvgIpc) is 2.66. The lowest BCUT2D eigenvalue weighted by atomic mass is 10.2. The molecule has 142 valence electrons. The molecule has 0 spiro atoms. The molecule has 2 amide bonds. The zero-order valence-electron chi connectivity index (χ0n) is 14.0. The van der Waals surface area contributed by atoms with Crippen molar-refractivity contribution in [3.63, 3.8) is 0 Å². The van der Waals surface area contributed by atoms with Crippen molar-refractivity contribution in [3.8, 4) is 0 Å². The van der Waals surface area contributed by atoms with Crippen molar-refractivity contribution in [2.45, 2.75) is 0 Å². The molecule has 0 aliphatic heterocycles. The molecule has 0 atom stereocenters. The van der Waals surface area contributed by atoms with Crippen LogP contribution in [0.3, 0.4) is 0 Å². The molecule has 0 saturated carbocycles. The van der Waals surface area contributed by atoms with E-state index >= 15 is 0 Å². The number of halogens is 4. The number of anilines is 2. The Hall–Kier alpha value is -3.75. The van der Waals surface area contributed by atoms with Crippen molar-refractivity contribution >= 4 is 23.2 Å². The third-order valence-corrected chi connectivity index (χ3v) is 3.62. The molecule has 28 heavy (non-hydrogen) atoms. The summed E-state index contributed by atoms with van der Waals surface area (Å²) in [6.45, 7) is 0. The first-order valence-corrected chi connectivity index (χ1v) is 7.82. The van der Waals surface area contributed by atoms with Gasteiger partial charge in [0, 0.05) is 18.3 Å². The third-order valence-electron chi connectivity index (χ3n) is 3.62. The van der Waals surface area contributed by atoms with Crippen molar-refractivity contribution in [3.05, 3.63) is 89.3 Å². The van der Waals surface area contributed by atoms with E-state index in [1.54, 1.807) is 0 Å². The van der Waals surface area contributed by atoms with E-state index in [1.807, 2.05) is 0 Å². The average molecular weight is 389 g/mol. The molecule has 3 rings (SSSR count). The van der Waals surface area contributed by atoms with E-state index in [4.69, 9.17) is 0 Å². The molecule has 5 nitrogen and oxygen atoms in total. The van der Waals surface area contributed by atoms with Crippen molar-refractivity contribution in [2.75, 3.05) is 10.6 Å². The smallest absolute Gasteiger partial charge is 0.274 e. The van der Waals surface area contributed by atoms with E-state index in [0.717, 1.165) is 30.5 Å². The highest BCUT2D eigenvalue weighted by Crippen LogP contribution is 2.17. The van der Waals surface area contributed by atoms with Gasteiger partial charge < -0.3 is 10.6 Å². The molecular formula is C19H11F4N3O2. The molecule has 0 bridgehead atoms. The molecule has 2 N–H and O–H groups in total. The van der Waals surface area contributed by atoms with Crippen LogP contribution in [0.25, 0.3) is 0 Å². The van der Waals surface area contributed by atoms with Gasteiger partial charge in [0.15, 0.2) is 0 Å². The minimum absolute atomic E-state index is 0.00763. The molecule has 1 heterocycles. The number of pyridine rings is 1. The predicted molar refractivity (Wildman–Crippen MR) is 92.9 cm³/mol. The van der Waals surface area contributed by atoms with Crippen molar-refractivity contribution in [2.24, 2.45) is 0 Å². The van der Waals surface area contributed by atoms with Crippen LogP contribution in [0.2, 0.25) is 0 Å². The molecule has 3 aromatic rings. The highest BCUT2D eigenvalue weighted by atomic mass is 19.1. The van der Waals surface area contributed by atoms with Gasteiger partial charge in [-0.05, 0) is 36.4 Å². The molecule has 0 saturated heterocycles. The monoisotopic (exact) mass is 389 g/mol. The maximum absolute atomic E-state index is 13.6. The van der Waals surface area contributed by atoms with Gasteiger partial charge in [0.25, 0.3) is 11.8 Å². The Kier molecular flexibility index (Phi) is 5.35. The van der Waals surface area contributed by atoms with E-state index in [0.29, 0.717) is 12.1 Å². The van der Waals surface area contributed by atoms with E-state index in [-0.39, 0.29) is 22.6 Å². The first-order chi connectivity index (χ1) is 13.3. The maximum Gasteiger partial charge on any atom is 0.274 e. The minimum atomic E-state index is -0.953. The first kappa shape index (κ1) is 19.0. The summed E-state index contributed by atoms with van der Waals surface area (Å²) in [5, 5.41) is 4.47. The van der Waals surface area contributed by atoms with Crippen LogP contribution in [0.4, 0.5) is 28.9 Å².